The van der Waals surface area contributed by atoms with E-state index < -0.39 is 5.60 Å². The Morgan fingerprint density at radius 3 is 2.90 bits per heavy atom. The van der Waals surface area contributed by atoms with Crippen molar-refractivity contribution in [1.82, 2.24) is 30.4 Å². The van der Waals surface area contributed by atoms with Gasteiger partial charge in [-0.1, -0.05) is 11.8 Å². The highest BCUT2D eigenvalue weighted by Crippen LogP contribution is 2.36. The third-order valence-electron chi connectivity index (χ3n) is 3.01. The maximum absolute atomic E-state index is 11.8. The SMILES string of the molecule is CN(C)CC(C)(O)CNC(=O)CSc1nnnn1C1CC1. The number of amides is 1. The molecule has 1 aromatic rings. The van der Waals surface area contributed by atoms with Crippen molar-refractivity contribution >= 4 is 17.7 Å². The Balaban J connectivity index is 1.73. The Bertz CT molecular complexity index is 486. The molecule has 2 rings (SSSR count). The van der Waals surface area contributed by atoms with E-state index >= 15 is 0 Å². The van der Waals surface area contributed by atoms with Gasteiger partial charge in [-0.2, -0.15) is 0 Å². The van der Waals surface area contributed by atoms with Crippen LogP contribution in [0.15, 0.2) is 5.16 Å². The molecule has 9 heteroatoms. The molecule has 1 atom stereocenters. The maximum atomic E-state index is 11.8. The Labute approximate surface area is 128 Å². The Hall–Kier alpha value is -1.19. The van der Waals surface area contributed by atoms with Gasteiger partial charge in [0.05, 0.1) is 17.4 Å². The van der Waals surface area contributed by atoms with Gasteiger partial charge in [-0.25, -0.2) is 4.68 Å². The number of nitrogens with zero attached hydrogens (tertiary/aromatic N) is 5. The summed E-state index contributed by atoms with van der Waals surface area (Å²) in [5.41, 5.74) is -0.945. The molecule has 1 heterocycles. The van der Waals surface area contributed by atoms with Crippen LogP contribution >= 0.6 is 11.8 Å². The van der Waals surface area contributed by atoms with E-state index in [4.69, 9.17) is 0 Å². The summed E-state index contributed by atoms with van der Waals surface area (Å²) >= 11 is 1.32. The van der Waals surface area contributed by atoms with Gasteiger partial charge < -0.3 is 15.3 Å². The van der Waals surface area contributed by atoms with Gasteiger partial charge in [0.2, 0.25) is 11.1 Å². The minimum Gasteiger partial charge on any atom is -0.387 e. The van der Waals surface area contributed by atoms with Crippen LogP contribution in [0, 0.1) is 0 Å². The predicted molar refractivity (Wildman–Crippen MR) is 79.0 cm³/mol. The first-order valence-electron chi connectivity index (χ1n) is 6.92. The minimum absolute atomic E-state index is 0.135. The molecule has 1 unspecified atom stereocenters. The number of carbonyl (C=O) groups is 1. The lowest BCUT2D eigenvalue weighted by Crippen LogP contribution is -2.47. The number of rotatable bonds is 8. The molecule has 0 bridgehead atoms. The van der Waals surface area contributed by atoms with Crippen LogP contribution in [-0.4, -0.2) is 74.7 Å². The van der Waals surface area contributed by atoms with E-state index in [1.165, 1.54) is 11.8 Å². The fraction of sp³-hybridized carbons (Fsp3) is 0.833. The molecular formula is C12H22N6O2S. The van der Waals surface area contributed by atoms with Gasteiger partial charge in [-0.15, -0.1) is 5.10 Å². The summed E-state index contributed by atoms with van der Waals surface area (Å²) in [5, 5.41) is 25.0. The molecule has 1 saturated carbocycles. The molecule has 21 heavy (non-hydrogen) atoms. The molecular weight excluding hydrogens is 292 g/mol. The third kappa shape index (κ3) is 5.25. The van der Waals surface area contributed by atoms with Crippen molar-refractivity contribution in [2.75, 3.05) is 32.9 Å². The fourth-order valence-corrected chi connectivity index (χ4v) is 2.81. The zero-order valence-electron chi connectivity index (χ0n) is 12.6. The molecule has 0 aliphatic heterocycles. The lowest BCUT2D eigenvalue weighted by molar-refractivity contribution is -0.119. The van der Waals surface area contributed by atoms with Crippen LogP contribution in [0.1, 0.15) is 25.8 Å². The fourth-order valence-electron chi connectivity index (χ4n) is 2.04. The van der Waals surface area contributed by atoms with Crippen molar-refractivity contribution in [3.63, 3.8) is 0 Å². The van der Waals surface area contributed by atoms with Gasteiger partial charge in [0, 0.05) is 13.1 Å². The maximum Gasteiger partial charge on any atom is 0.230 e. The number of nitrogens with one attached hydrogen (secondary N) is 1. The van der Waals surface area contributed by atoms with Gasteiger partial charge in [0.1, 0.15) is 0 Å². The van der Waals surface area contributed by atoms with E-state index in [0.29, 0.717) is 17.7 Å². The summed E-state index contributed by atoms with van der Waals surface area (Å²) < 4.78 is 1.78. The van der Waals surface area contributed by atoms with Crippen molar-refractivity contribution in [3.8, 4) is 0 Å². The second kappa shape index (κ2) is 6.71. The zero-order chi connectivity index (χ0) is 15.5. The van der Waals surface area contributed by atoms with Crippen LogP contribution in [-0.2, 0) is 4.79 Å². The van der Waals surface area contributed by atoms with Crippen LogP contribution < -0.4 is 5.32 Å². The molecule has 118 valence electrons. The van der Waals surface area contributed by atoms with E-state index in [1.807, 2.05) is 19.0 Å². The lowest BCUT2D eigenvalue weighted by atomic mass is 10.1. The number of carbonyl (C=O) groups excluding carboxylic acids is 1. The molecule has 0 saturated heterocycles. The molecule has 0 spiro atoms. The Morgan fingerprint density at radius 2 is 2.29 bits per heavy atom. The van der Waals surface area contributed by atoms with Gasteiger partial charge in [-0.05, 0) is 44.3 Å². The predicted octanol–water partition coefficient (Wildman–Crippen LogP) is -0.471. The molecule has 1 amide bonds. The summed E-state index contributed by atoms with van der Waals surface area (Å²) in [6.45, 7) is 2.41. The largest absolute Gasteiger partial charge is 0.387 e. The van der Waals surface area contributed by atoms with Gasteiger partial charge >= 0.3 is 0 Å². The summed E-state index contributed by atoms with van der Waals surface area (Å²) in [6, 6.07) is 0.395. The first kappa shape index (κ1) is 16.2. The van der Waals surface area contributed by atoms with Crippen LogP contribution in [0.5, 0.6) is 0 Å². The Kier molecular flexibility index (Phi) is 5.17. The molecule has 0 radical (unpaired) electrons. The number of tetrazole rings is 1. The van der Waals surface area contributed by atoms with Crippen molar-refractivity contribution in [2.24, 2.45) is 0 Å². The van der Waals surface area contributed by atoms with E-state index in [2.05, 4.69) is 20.8 Å². The van der Waals surface area contributed by atoms with E-state index in [9.17, 15) is 9.90 Å². The van der Waals surface area contributed by atoms with Crippen LogP contribution in [0.2, 0.25) is 0 Å². The lowest BCUT2D eigenvalue weighted by Gasteiger charge is -2.27. The molecule has 8 nitrogen and oxygen atoms in total. The highest BCUT2D eigenvalue weighted by atomic mass is 32.2. The topological polar surface area (TPSA) is 96.2 Å². The second-order valence-corrected chi connectivity index (χ2v) is 6.88. The van der Waals surface area contributed by atoms with Crippen LogP contribution in [0.4, 0.5) is 0 Å². The molecule has 1 aliphatic rings. The first-order valence-corrected chi connectivity index (χ1v) is 7.90. The summed E-state index contributed by atoms with van der Waals surface area (Å²) in [6.07, 6.45) is 2.19. The minimum atomic E-state index is -0.945. The van der Waals surface area contributed by atoms with Crippen LogP contribution in [0.3, 0.4) is 0 Å². The van der Waals surface area contributed by atoms with Crippen LogP contribution in [0.25, 0.3) is 0 Å². The monoisotopic (exact) mass is 314 g/mol. The van der Waals surface area contributed by atoms with Crippen molar-refractivity contribution in [3.05, 3.63) is 0 Å². The van der Waals surface area contributed by atoms with E-state index in [-0.39, 0.29) is 18.2 Å². The number of aromatic nitrogens is 4. The number of hydrogen-bond donors (Lipinski definition) is 2. The quantitative estimate of drug-likeness (QED) is 0.626. The number of hydrogen-bond acceptors (Lipinski definition) is 7. The average Bonchev–Trinajstić information content (AvgIpc) is 3.12. The number of thioether (sulfide) groups is 1. The van der Waals surface area contributed by atoms with Gasteiger partial charge in [0.15, 0.2) is 0 Å². The summed E-state index contributed by atoms with van der Waals surface area (Å²) in [5.74, 6) is 0.106. The summed E-state index contributed by atoms with van der Waals surface area (Å²) in [4.78, 5) is 13.7. The summed E-state index contributed by atoms with van der Waals surface area (Å²) in [7, 11) is 3.76. The first-order chi connectivity index (χ1) is 9.87. The number of likely N-dealkylation sites (N-methyl/N-ethyl adjacent to an activating group) is 1. The van der Waals surface area contributed by atoms with Crippen molar-refractivity contribution in [2.45, 2.75) is 36.6 Å². The normalized spacial score (nSPS) is 17.8. The van der Waals surface area contributed by atoms with Crippen molar-refractivity contribution in [1.29, 1.82) is 0 Å². The van der Waals surface area contributed by atoms with Gasteiger partial charge in [0.25, 0.3) is 0 Å². The highest BCUT2D eigenvalue weighted by molar-refractivity contribution is 7.99. The molecule has 1 aliphatic carbocycles. The standard InChI is InChI=1S/C12H22N6O2S/c1-12(20,8-17(2)3)7-13-10(19)6-21-11-14-15-16-18(11)9-4-5-9/h9,20H,4-8H2,1-3H3,(H,13,19). The third-order valence-corrected chi connectivity index (χ3v) is 3.94. The molecule has 1 aromatic heterocycles. The zero-order valence-corrected chi connectivity index (χ0v) is 13.4. The molecule has 1 fully saturated rings. The molecule has 2 N–H and O–H groups in total. The number of aliphatic hydroxyl groups is 1. The average molecular weight is 314 g/mol. The smallest absolute Gasteiger partial charge is 0.230 e. The Morgan fingerprint density at radius 1 is 1.57 bits per heavy atom. The van der Waals surface area contributed by atoms with E-state index in [1.54, 1.807) is 11.6 Å². The van der Waals surface area contributed by atoms with E-state index in [0.717, 1.165) is 12.8 Å². The highest BCUT2D eigenvalue weighted by Gasteiger charge is 2.28. The van der Waals surface area contributed by atoms with Gasteiger partial charge in [-0.3, -0.25) is 4.79 Å². The second-order valence-electron chi connectivity index (χ2n) is 5.94. The van der Waals surface area contributed by atoms with Crippen molar-refractivity contribution < 1.29 is 9.90 Å². The molecule has 0 aromatic carbocycles.